The highest BCUT2D eigenvalue weighted by molar-refractivity contribution is 7.90. The van der Waals surface area contributed by atoms with Gasteiger partial charge in [0.1, 0.15) is 5.82 Å². The number of hydrogen-bond acceptors (Lipinski definition) is 3. The van der Waals surface area contributed by atoms with Crippen LogP contribution in [0.4, 0.5) is 23.2 Å². The van der Waals surface area contributed by atoms with Gasteiger partial charge in [0.25, 0.3) is 5.91 Å². The third kappa shape index (κ3) is 3.19. The van der Waals surface area contributed by atoms with Crippen LogP contribution in [-0.2, 0) is 10.0 Å². The van der Waals surface area contributed by atoms with Crippen molar-refractivity contribution in [2.24, 2.45) is 0 Å². The van der Waals surface area contributed by atoms with Crippen LogP contribution in [0.25, 0.3) is 4.85 Å². The van der Waals surface area contributed by atoms with E-state index in [1.54, 1.807) is 0 Å². The van der Waals surface area contributed by atoms with E-state index in [0.29, 0.717) is 16.9 Å². The van der Waals surface area contributed by atoms with Crippen molar-refractivity contribution in [3.05, 3.63) is 41.0 Å². The number of nitrogens with one attached hydrogen (secondary N) is 1. The van der Waals surface area contributed by atoms with Crippen LogP contribution in [0, 0.1) is 12.4 Å². The lowest BCUT2D eigenvalue weighted by Gasteiger charge is -2.09. The van der Waals surface area contributed by atoms with Crippen molar-refractivity contribution in [1.29, 1.82) is 0 Å². The maximum absolute atomic E-state index is 13.3. The lowest BCUT2D eigenvalue weighted by atomic mass is 10.2. The van der Waals surface area contributed by atoms with Crippen LogP contribution in [0.15, 0.2) is 18.2 Å². The van der Waals surface area contributed by atoms with Gasteiger partial charge in [-0.2, -0.15) is 21.6 Å². The van der Waals surface area contributed by atoms with E-state index < -0.39 is 32.8 Å². The maximum Gasteiger partial charge on any atom is 0.516 e. The van der Waals surface area contributed by atoms with Crippen molar-refractivity contribution in [3.8, 4) is 0 Å². The van der Waals surface area contributed by atoms with Gasteiger partial charge < -0.3 is 0 Å². The van der Waals surface area contributed by atoms with Crippen LogP contribution < -0.4 is 4.72 Å². The molecule has 0 fully saturated rings. The van der Waals surface area contributed by atoms with E-state index >= 15 is 0 Å². The zero-order valence-corrected chi connectivity index (χ0v) is 9.64. The smallest absolute Gasteiger partial charge is 0.268 e. The van der Waals surface area contributed by atoms with Crippen molar-refractivity contribution in [2.45, 2.75) is 5.51 Å². The number of halogens is 4. The molecule has 0 aromatic heterocycles. The third-order valence-electron chi connectivity index (χ3n) is 1.86. The molecule has 1 aromatic rings. The first-order chi connectivity index (χ1) is 8.58. The monoisotopic (exact) mass is 296 g/mol. The van der Waals surface area contributed by atoms with Crippen LogP contribution in [-0.4, -0.2) is 19.8 Å². The Labute approximate surface area is 104 Å². The summed E-state index contributed by atoms with van der Waals surface area (Å²) < 4.78 is 71.2. The van der Waals surface area contributed by atoms with Gasteiger partial charge in [0.2, 0.25) is 0 Å². The molecule has 0 aliphatic heterocycles. The SMILES string of the molecule is [C-]#[N+]c1ccc(C(=O)NS(=O)(=O)C(F)(F)F)c(F)c1. The fourth-order valence-electron chi connectivity index (χ4n) is 0.993. The van der Waals surface area contributed by atoms with Gasteiger partial charge in [0.15, 0.2) is 5.69 Å². The van der Waals surface area contributed by atoms with Crippen molar-refractivity contribution < 1.29 is 30.8 Å². The second-order valence-electron chi connectivity index (χ2n) is 3.16. The van der Waals surface area contributed by atoms with Gasteiger partial charge in [0, 0.05) is 0 Å². The highest BCUT2D eigenvalue weighted by atomic mass is 32.2. The van der Waals surface area contributed by atoms with E-state index in [0.717, 1.165) is 6.07 Å². The molecule has 1 rings (SSSR count). The van der Waals surface area contributed by atoms with E-state index in [1.165, 1.54) is 0 Å². The van der Waals surface area contributed by atoms with Crippen LogP contribution in [0.1, 0.15) is 10.4 Å². The predicted octanol–water partition coefficient (Wildman–Crippen LogP) is 1.96. The molecule has 1 N–H and O–H groups in total. The minimum Gasteiger partial charge on any atom is -0.268 e. The topological polar surface area (TPSA) is 67.6 Å². The minimum atomic E-state index is -5.90. The largest absolute Gasteiger partial charge is 0.516 e. The molecule has 0 saturated carbocycles. The molecule has 0 atom stereocenters. The molecule has 0 unspecified atom stereocenters. The summed E-state index contributed by atoms with van der Waals surface area (Å²) in [6.45, 7) is 6.56. The lowest BCUT2D eigenvalue weighted by Crippen LogP contribution is -2.40. The average Bonchev–Trinajstić information content (AvgIpc) is 2.26. The van der Waals surface area contributed by atoms with Gasteiger partial charge in [-0.05, 0) is 6.07 Å². The molecule has 0 radical (unpaired) electrons. The predicted molar refractivity (Wildman–Crippen MR) is 55.1 cm³/mol. The number of carbonyl (C=O) groups excluding carboxylic acids is 1. The van der Waals surface area contributed by atoms with E-state index in [2.05, 4.69) is 4.85 Å². The normalized spacial score (nSPS) is 11.7. The number of hydrogen-bond donors (Lipinski definition) is 1. The zero-order valence-electron chi connectivity index (χ0n) is 8.82. The molecule has 5 nitrogen and oxygen atoms in total. The standard InChI is InChI=1S/C9H4F4N2O3S/c1-14-5-2-3-6(7(10)4-5)8(16)15-19(17,18)9(11,12)13/h2-4H,(H,15,16). The fourth-order valence-corrected chi connectivity index (χ4v) is 1.46. The Hall–Kier alpha value is -2.15. The Morgan fingerprint density at radius 2 is 1.89 bits per heavy atom. The first kappa shape index (κ1) is 14.9. The average molecular weight is 296 g/mol. The number of rotatable bonds is 2. The van der Waals surface area contributed by atoms with Gasteiger partial charge >= 0.3 is 15.5 Å². The van der Waals surface area contributed by atoms with E-state index in [4.69, 9.17) is 6.57 Å². The van der Waals surface area contributed by atoms with Crippen molar-refractivity contribution >= 4 is 21.6 Å². The summed E-state index contributed by atoms with van der Waals surface area (Å²) in [5, 5.41) is 0. The molecule has 0 aliphatic carbocycles. The van der Waals surface area contributed by atoms with Gasteiger partial charge in [0.05, 0.1) is 12.1 Å². The van der Waals surface area contributed by atoms with Crippen LogP contribution in [0.3, 0.4) is 0 Å². The number of amides is 1. The van der Waals surface area contributed by atoms with Gasteiger partial charge in [-0.15, -0.1) is 0 Å². The second kappa shape index (κ2) is 4.85. The molecule has 0 spiro atoms. The first-order valence-corrected chi connectivity index (χ1v) is 5.87. The highest BCUT2D eigenvalue weighted by Gasteiger charge is 2.47. The summed E-state index contributed by atoms with van der Waals surface area (Å²) in [5.74, 6) is -3.07. The van der Waals surface area contributed by atoms with Gasteiger partial charge in [-0.1, -0.05) is 12.1 Å². The summed E-state index contributed by atoms with van der Waals surface area (Å²) in [7, 11) is -5.90. The van der Waals surface area contributed by atoms with Gasteiger partial charge in [-0.3, -0.25) is 4.79 Å². The molecule has 19 heavy (non-hydrogen) atoms. The Kier molecular flexibility index (Phi) is 3.80. The van der Waals surface area contributed by atoms with E-state index in [9.17, 15) is 30.8 Å². The molecule has 0 heterocycles. The molecule has 0 bridgehead atoms. The lowest BCUT2D eigenvalue weighted by molar-refractivity contribution is -0.0446. The van der Waals surface area contributed by atoms with Crippen LogP contribution in [0.5, 0.6) is 0 Å². The quantitative estimate of drug-likeness (QED) is 0.670. The minimum absolute atomic E-state index is 0.187. The number of carbonyl (C=O) groups is 1. The van der Waals surface area contributed by atoms with E-state index in [1.807, 2.05) is 0 Å². The summed E-state index contributed by atoms with van der Waals surface area (Å²) >= 11 is 0. The third-order valence-corrected chi connectivity index (χ3v) is 2.92. The Bertz CT molecular complexity index is 661. The molecular weight excluding hydrogens is 292 g/mol. The summed E-state index contributed by atoms with van der Waals surface area (Å²) in [6, 6.07) is 2.28. The summed E-state index contributed by atoms with van der Waals surface area (Å²) in [4.78, 5) is 14.0. The molecule has 0 aliphatic rings. The molecule has 10 heteroatoms. The molecule has 102 valence electrons. The molecule has 0 saturated heterocycles. The Morgan fingerprint density at radius 1 is 1.32 bits per heavy atom. The van der Waals surface area contributed by atoms with Crippen molar-refractivity contribution in [3.63, 3.8) is 0 Å². The molecular formula is C9H4F4N2O3S. The molecule has 1 aromatic carbocycles. The fraction of sp³-hybridized carbons (Fsp3) is 0.111. The zero-order chi connectivity index (χ0) is 14.8. The summed E-state index contributed by atoms with van der Waals surface area (Å²) in [5.41, 5.74) is -6.79. The number of alkyl halides is 3. The Morgan fingerprint density at radius 3 is 2.32 bits per heavy atom. The van der Waals surface area contributed by atoms with Crippen LogP contribution in [0.2, 0.25) is 0 Å². The Balaban J connectivity index is 3.08. The van der Waals surface area contributed by atoms with Crippen molar-refractivity contribution in [2.75, 3.05) is 0 Å². The second-order valence-corrected chi connectivity index (χ2v) is 4.83. The van der Waals surface area contributed by atoms with Gasteiger partial charge in [-0.25, -0.2) is 14.0 Å². The first-order valence-electron chi connectivity index (χ1n) is 4.39. The highest BCUT2D eigenvalue weighted by Crippen LogP contribution is 2.23. The maximum atomic E-state index is 13.3. The van der Waals surface area contributed by atoms with E-state index in [-0.39, 0.29) is 5.69 Å². The molecule has 1 amide bonds. The number of sulfonamides is 1. The summed E-state index contributed by atoms with van der Waals surface area (Å²) in [6.07, 6.45) is 0. The number of benzene rings is 1. The van der Waals surface area contributed by atoms with Crippen LogP contribution >= 0.6 is 0 Å². The van der Waals surface area contributed by atoms with Crippen molar-refractivity contribution in [1.82, 2.24) is 4.72 Å². The number of nitrogens with zero attached hydrogens (tertiary/aromatic N) is 1.